The van der Waals surface area contributed by atoms with Gasteiger partial charge in [-0.15, -0.1) is 0 Å². The molecule has 9 nitrogen and oxygen atoms in total. The molecule has 1 N–H and O–H groups in total. The third-order valence-electron chi connectivity index (χ3n) is 6.15. The average molecular weight is 451 g/mol. The average Bonchev–Trinajstić information content (AvgIpc) is 3.16. The molecule has 4 rings (SSSR count). The van der Waals surface area contributed by atoms with Gasteiger partial charge in [0.15, 0.2) is 0 Å². The van der Waals surface area contributed by atoms with Crippen LogP contribution in [0.25, 0.3) is 11.0 Å². The Hall–Kier alpha value is -3.30. The number of aromatic nitrogens is 2. The van der Waals surface area contributed by atoms with Crippen molar-refractivity contribution in [1.82, 2.24) is 19.4 Å². The molecule has 0 spiro atoms. The van der Waals surface area contributed by atoms with E-state index < -0.39 is 4.92 Å². The number of aryl methyl sites for hydroxylation is 1. The van der Waals surface area contributed by atoms with Gasteiger partial charge in [0.05, 0.1) is 22.5 Å². The molecule has 0 atom stereocenters. The Kier molecular flexibility index (Phi) is 7.00. The normalized spacial score (nSPS) is 15.1. The molecular weight excluding hydrogens is 420 g/mol. The molecule has 0 aliphatic carbocycles. The Bertz CT molecular complexity index is 1130. The van der Waals surface area contributed by atoms with Crippen molar-refractivity contribution in [2.24, 2.45) is 0 Å². The van der Waals surface area contributed by atoms with Gasteiger partial charge >= 0.3 is 0 Å². The molecule has 0 radical (unpaired) electrons. The summed E-state index contributed by atoms with van der Waals surface area (Å²) in [4.78, 5) is 32.8. The molecule has 1 aromatic heterocycles. The molecule has 1 fully saturated rings. The number of nitrogens with zero attached hydrogens (tertiary/aromatic N) is 5. The number of likely N-dealkylation sites (N-methyl/N-ethyl adjacent to an activating group) is 1. The smallest absolute Gasteiger partial charge is 0.269 e. The summed E-state index contributed by atoms with van der Waals surface area (Å²) in [6.45, 7) is 11.4. The highest BCUT2D eigenvalue weighted by molar-refractivity contribution is 6.05. The van der Waals surface area contributed by atoms with E-state index in [0.717, 1.165) is 69.1 Å². The molecule has 1 saturated heterocycles. The van der Waals surface area contributed by atoms with Gasteiger partial charge in [0.2, 0.25) is 0 Å². The molecule has 0 unspecified atom stereocenters. The fourth-order valence-corrected chi connectivity index (χ4v) is 4.25. The summed E-state index contributed by atoms with van der Waals surface area (Å²) in [5.74, 6) is 0.738. The molecule has 3 aromatic rings. The van der Waals surface area contributed by atoms with Gasteiger partial charge in [-0.3, -0.25) is 19.8 Å². The third-order valence-corrected chi connectivity index (χ3v) is 6.15. The second kappa shape index (κ2) is 10.1. The lowest BCUT2D eigenvalue weighted by molar-refractivity contribution is -0.384. The number of amides is 1. The van der Waals surface area contributed by atoms with Crippen LogP contribution >= 0.6 is 0 Å². The Balaban J connectivity index is 1.52. The number of carbonyl (C=O) groups is 1. The molecule has 1 aliphatic heterocycles. The molecule has 9 heteroatoms. The van der Waals surface area contributed by atoms with E-state index in [1.54, 1.807) is 0 Å². The zero-order valence-corrected chi connectivity index (χ0v) is 19.2. The van der Waals surface area contributed by atoms with E-state index in [1.807, 2.05) is 18.2 Å². The van der Waals surface area contributed by atoms with Crippen LogP contribution in [0.1, 0.15) is 36.5 Å². The SMILES string of the molecule is CCCn1c(CN2CCN(CC)CC2)nc2cc(NC(=O)c3ccc([N+](=O)[O-])cc3)ccc21. The number of benzene rings is 2. The molecule has 33 heavy (non-hydrogen) atoms. The first-order chi connectivity index (χ1) is 16.0. The Morgan fingerprint density at radius 1 is 1.06 bits per heavy atom. The van der Waals surface area contributed by atoms with Crippen molar-refractivity contribution in [2.45, 2.75) is 33.4 Å². The first kappa shape index (κ1) is 22.9. The molecular formula is C24H30N6O3. The van der Waals surface area contributed by atoms with Crippen LogP contribution in [0.3, 0.4) is 0 Å². The summed E-state index contributed by atoms with van der Waals surface area (Å²) in [5.41, 5.74) is 2.89. The largest absolute Gasteiger partial charge is 0.327 e. The number of rotatable bonds is 8. The Morgan fingerprint density at radius 3 is 2.39 bits per heavy atom. The number of fused-ring (bicyclic) bond motifs is 1. The van der Waals surface area contributed by atoms with Gasteiger partial charge < -0.3 is 14.8 Å². The molecule has 2 aromatic carbocycles. The number of carbonyl (C=O) groups excluding carboxylic acids is 1. The standard InChI is InChI=1S/C24H30N6O3/c1-3-11-29-22-10-7-19(25-24(31)18-5-8-20(9-6-18)30(32)33)16-21(22)26-23(29)17-28-14-12-27(4-2)13-15-28/h5-10,16H,3-4,11-15,17H2,1-2H3,(H,25,31). The van der Waals surface area contributed by atoms with Crippen LogP contribution in [0.4, 0.5) is 11.4 Å². The predicted octanol–water partition coefficient (Wildman–Crippen LogP) is 3.74. The minimum Gasteiger partial charge on any atom is -0.327 e. The monoisotopic (exact) mass is 450 g/mol. The highest BCUT2D eigenvalue weighted by Crippen LogP contribution is 2.23. The number of nitro benzene ring substituents is 1. The summed E-state index contributed by atoms with van der Waals surface area (Å²) < 4.78 is 2.28. The maximum Gasteiger partial charge on any atom is 0.269 e. The van der Waals surface area contributed by atoms with Crippen LogP contribution < -0.4 is 5.32 Å². The molecule has 0 saturated carbocycles. The van der Waals surface area contributed by atoms with Crippen molar-refractivity contribution in [2.75, 3.05) is 38.0 Å². The third kappa shape index (κ3) is 5.20. The molecule has 1 amide bonds. The van der Waals surface area contributed by atoms with Crippen LogP contribution in [0.15, 0.2) is 42.5 Å². The lowest BCUT2D eigenvalue weighted by Gasteiger charge is -2.33. The van der Waals surface area contributed by atoms with E-state index in [1.165, 1.54) is 24.3 Å². The van der Waals surface area contributed by atoms with Crippen molar-refractivity contribution >= 4 is 28.3 Å². The van der Waals surface area contributed by atoms with Gasteiger partial charge in [0.25, 0.3) is 11.6 Å². The van der Waals surface area contributed by atoms with Crippen molar-refractivity contribution in [3.05, 3.63) is 64.0 Å². The van der Waals surface area contributed by atoms with Crippen LogP contribution in [0, 0.1) is 10.1 Å². The number of non-ortho nitro benzene ring substituents is 1. The highest BCUT2D eigenvalue weighted by atomic mass is 16.6. The number of anilines is 1. The van der Waals surface area contributed by atoms with Crippen molar-refractivity contribution < 1.29 is 9.72 Å². The Labute approximate surface area is 193 Å². The van der Waals surface area contributed by atoms with Crippen molar-refractivity contribution in [3.63, 3.8) is 0 Å². The zero-order chi connectivity index (χ0) is 23.4. The molecule has 1 aliphatic rings. The predicted molar refractivity (Wildman–Crippen MR) is 128 cm³/mol. The highest BCUT2D eigenvalue weighted by Gasteiger charge is 2.19. The van der Waals surface area contributed by atoms with Gasteiger partial charge in [0.1, 0.15) is 5.82 Å². The second-order valence-corrected chi connectivity index (χ2v) is 8.35. The minimum atomic E-state index is -0.483. The van der Waals surface area contributed by atoms with Gasteiger partial charge in [0, 0.05) is 56.1 Å². The summed E-state index contributed by atoms with van der Waals surface area (Å²) in [5, 5.41) is 13.7. The number of nitro groups is 1. The van der Waals surface area contributed by atoms with Gasteiger partial charge in [-0.2, -0.15) is 0 Å². The fraction of sp³-hybridized carbons (Fsp3) is 0.417. The van der Waals surface area contributed by atoms with E-state index in [4.69, 9.17) is 4.98 Å². The quantitative estimate of drug-likeness (QED) is 0.415. The van der Waals surface area contributed by atoms with Gasteiger partial charge in [-0.25, -0.2) is 4.98 Å². The van der Waals surface area contributed by atoms with Gasteiger partial charge in [-0.1, -0.05) is 13.8 Å². The van der Waals surface area contributed by atoms with Gasteiger partial charge in [-0.05, 0) is 43.3 Å². The number of piperazine rings is 1. The summed E-state index contributed by atoms with van der Waals surface area (Å²) in [6, 6.07) is 11.3. The van der Waals surface area contributed by atoms with Crippen molar-refractivity contribution in [3.8, 4) is 0 Å². The maximum absolute atomic E-state index is 12.6. The minimum absolute atomic E-state index is 0.0435. The maximum atomic E-state index is 12.6. The number of imidazole rings is 1. The van der Waals surface area contributed by atoms with Crippen LogP contribution in [0.5, 0.6) is 0 Å². The van der Waals surface area contributed by atoms with E-state index in [9.17, 15) is 14.9 Å². The van der Waals surface area contributed by atoms with Crippen LogP contribution in [0.2, 0.25) is 0 Å². The number of hydrogen-bond acceptors (Lipinski definition) is 6. The van der Waals surface area contributed by atoms with E-state index in [-0.39, 0.29) is 11.6 Å². The summed E-state index contributed by atoms with van der Waals surface area (Å²) >= 11 is 0. The van der Waals surface area contributed by atoms with Crippen LogP contribution in [-0.2, 0) is 13.1 Å². The summed E-state index contributed by atoms with van der Waals surface area (Å²) in [7, 11) is 0. The fourth-order valence-electron chi connectivity index (χ4n) is 4.25. The van der Waals surface area contributed by atoms with Crippen LogP contribution in [-0.4, -0.2) is 62.9 Å². The number of hydrogen-bond donors (Lipinski definition) is 1. The summed E-state index contributed by atoms with van der Waals surface area (Å²) in [6.07, 6.45) is 1.01. The second-order valence-electron chi connectivity index (χ2n) is 8.35. The first-order valence-corrected chi connectivity index (χ1v) is 11.5. The first-order valence-electron chi connectivity index (χ1n) is 11.5. The zero-order valence-electron chi connectivity index (χ0n) is 19.2. The lowest BCUT2D eigenvalue weighted by atomic mass is 10.2. The molecule has 174 valence electrons. The molecule has 2 heterocycles. The lowest BCUT2D eigenvalue weighted by Crippen LogP contribution is -2.45. The van der Waals surface area contributed by atoms with E-state index >= 15 is 0 Å². The topological polar surface area (TPSA) is 96.5 Å². The Morgan fingerprint density at radius 2 is 1.76 bits per heavy atom. The van der Waals surface area contributed by atoms with E-state index in [2.05, 4.69) is 33.5 Å². The van der Waals surface area contributed by atoms with Crippen molar-refractivity contribution in [1.29, 1.82) is 0 Å². The number of nitrogens with one attached hydrogen (secondary N) is 1. The molecule has 0 bridgehead atoms. The van der Waals surface area contributed by atoms with E-state index in [0.29, 0.717) is 11.3 Å².